The van der Waals surface area contributed by atoms with Crippen molar-refractivity contribution in [3.63, 3.8) is 0 Å². The van der Waals surface area contributed by atoms with Crippen LogP contribution in [0.4, 0.5) is 13.2 Å². The van der Waals surface area contributed by atoms with E-state index >= 15 is 0 Å². The van der Waals surface area contributed by atoms with Crippen molar-refractivity contribution in [3.8, 4) is 11.8 Å². The third-order valence-electron chi connectivity index (χ3n) is 4.75. The van der Waals surface area contributed by atoms with Crippen LogP contribution in [0.25, 0.3) is 0 Å². The molecule has 1 heterocycles. The molecule has 0 atom stereocenters. The van der Waals surface area contributed by atoms with Gasteiger partial charge in [0.15, 0.2) is 6.61 Å². The van der Waals surface area contributed by atoms with Crippen LogP contribution >= 0.6 is 0 Å². The summed E-state index contributed by atoms with van der Waals surface area (Å²) in [5.74, 6) is 0.0226. The van der Waals surface area contributed by atoms with Gasteiger partial charge in [-0.05, 0) is 36.4 Å². The number of sulfonamides is 1. The molecule has 0 aliphatic carbocycles. The van der Waals surface area contributed by atoms with Gasteiger partial charge in [0.2, 0.25) is 10.0 Å². The van der Waals surface area contributed by atoms with Crippen LogP contribution in [0.5, 0.6) is 5.75 Å². The Balaban J connectivity index is 1.61. The number of piperazine rings is 1. The van der Waals surface area contributed by atoms with E-state index in [0.29, 0.717) is 11.3 Å². The number of carbonyl (C=O) groups is 1. The predicted molar refractivity (Wildman–Crippen MR) is 103 cm³/mol. The molecule has 0 radical (unpaired) electrons. The number of rotatable bonds is 5. The summed E-state index contributed by atoms with van der Waals surface area (Å²) >= 11 is 0. The molecule has 1 aliphatic rings. The van der Waals surface area contributed by atoms with Crippen LogP contribution in [0.15, 0.2) is 53.4 Å². The molecule has 0 unspecified atom stereocenters. The third kappa shape index (κ3) is 5.15. The number of carbonyl (C=O) groups excluding carboxylic acids is 1. The lowest BCUT2D eigenvalue weighted by atomic mass is 10.2. The highest BCUT2D eigenvalue weighted by Crippen LogP contribution is 2.35. The molecule has 2 aromatic carbocycles. The average Bonchev–Trinajstić information content (AvgIpc) is 2.77. The Labute approximate surface area is 177 Å². The summed E-state index contributed by atoms with van der Waals surface area (Å²) in [4.78, 5) is 12.9. The van der Waals surface area contributed by atoms with Gasteiger partial charge >= 0.3 is 6.18 Å². The van der Waals surface area contributed by atoms with Crippen molar-refractivity contribution in [1.29, 1.82) is 5.26 Å². The predicted octanol–water partition coefficient (Wildman–Crippen LogP) is 2.49. The van der Waals surface area contributed by atoms with Crippen molar-refractivity contribution >= 4 is 15.9 Å². The summed E-state index contributed by atoms with van der Waals surface area (Å²) in [7, 11) is -4.37. The lowest BCUT2D eigenvalue weighted by Crippen LogP contribution is -2.51. The fourth-order valence-corrected chi connectivity index (χ4v) is 4.74. The molecule has 7 nitrogen and oxygen atoms in total. The Morgan fingerprint density at radius 2 is 1.65 bits per heavy atom. The molecule has 3 rings (SSSR count). The van der Waals surface area contributed by atoms with Gasteiger partial charge in [0.25, 0.3) is 5.91 Å². The molecule has 1 fully saturated rings. The van der Waals surface area contributed by atoms with Gasteiger partial charge in [-0.3, -0.25) is 4.79 Å². The second-order valence-corrected chi connectivity index (χ2v) is 8.61. The number of halogens is 3. The molecule has 11 heteroatoms. The van der Waals surface area contributed by atoms with E-state index in [0.717, 1.165) is 22.5 Å². The van der Waals surface area contributed by atoms with Crippen molar-refractivity contribution < 1.29 is 31.1 Å². The highest BCUT2D eigenvalue weighted by Gasteiger charge is 2.39. The standard InChI is InChI=1S/C20H18F3N3O4S/c21-20(22,23)17-3-1-2-4-18(17)31(28,29)26-11-9-25(10-12-26)19(27)14-30-16-7-5-15(13-24)6-8-16/h1-8H,9-12,14H2. The number of ether oxygens (including phenoxy) is 1. The van der Waals surface area contributed by atoms with Crippen LogP contribution in [0.3, 0.4) is 0 Å². The molecule has 0 bridgehead atoms. The molecule has 1 amide bonds. The van der Waals surface area contributed by atoms with Crippen molar-refractivity contribution in [1.82, 2.24) is 9.21 Å². The minimum atomic E-state index is -4.80. The number of amides is 1. The molecule has 0 aromatic heterocycles. The molecule has 1 saturated heterocycles. The fraction of sp³-hybridized carbons (Fsp3) is 0.300. The third-order valence-corrected chi connectivity index (χ3v) is 6.70. The Morgan fingerprint density at radius 3 is 2.23 bits per heavy atom. The van der Waals surface area contributed by atoms with E-state index in [1.54, 1.807) is 24.3 Å². The topological polar surface area (TPSA) is 90.7 Å². The molecule has 31 heavy (non-hydrogen) atoms. The second kappa shape index (κ2) is 8.95. The lowest BCUT2D eigenvalue weighted by molar-refractivity contribution is -0.139. The number of benzene rings is 2. The first-order chi connectivity index (χ1) is 14.6. The zero-order valence-electron chi connectivity index (χ0n) is 16.2. The maximum atomic E-state index is 13.2. The molecule has 2 aromatic rings. The highest BCUT2D eigenvalue weighted by atomic mass is 32.2. The summed E-state index contributed by atoms with van der Waals surface area (Å²) in [5, 5.41) is 8.77. The summed E-state index contributed by atoms with van der Waals surface area (Å²) < 4.78 is 71.5. The molecular formula is C20H18F3N3O4S. The monoisotopic (exact) mass is 453 g/mol. The van der Waals surface area contributed by atoms with Crippen molar-refractivity contribution in [3.05, 3.63) is 59.7 Å². The van der Waals surface area contributed by atoms with Crippen LogP contribution in [0.2, 0.25) is 0 Å². The largest absolute Gasteiger partial charge is 0.484 e. The first-order valence-corrected chi connectivity index (χ1v) is 10.6. The van der Waals surface area contributed by atoms with Gasteiger partial charge in [-0.15, -0.1) is 0 Å². The number of nitriles is 1. The van der Waals surface area contributed by atoms with E-state index in [4.69, 9.17) is 10.00 Å². The van der Waals surface area contributed by atoms with Crippen LogP contribution in [0.1, 0.15) is 11.1 Å². The summed E-state index contributed by atoms with van der Waals surface area (Å²) in [5.41, 5.74) is -0.771. The number of alkyl halides is 3. The molecule has 1 aliphatic heterocycles. The molecule has 164 valence electrons. The first kappa shape index (κ1) is 22.6. The Hall–Kier alpha value is -3.10. The van der Waals surface area contributed by atoms with Gasteiger partial charge in [0, 0.05) is 26.2 Å². The number of hydrogen-bond donors (Lipinski definition) is 0. The zero-order valence-corrected chi connectivity index (χ0v) is 17.0. The molecule has 0 N–H and O–H groups in total. The van der Waals surface area contributed by atoms with Gasteiger partial charge in [-0.25, -0.2) is 8.42 Å². The molecular weight excluding hydrogens is 435 g/mol. The maximum absolute atomic E-state index is 13.2. The summed E-state index contributed by atoms with van der Waals surface area (Å²) in [6.45, 7) is -0.476. The summed E-state index contributed by atoms with van der Waals surface area (Å²) in [6.07, 6.45) is -4.80. The van der Waals surface area contributed by atoms with Crippen molar-refractivity contribution in [2.75, 3.05) is 32.8 Å². The summed E-state index contributed by atoms with van der Waals surface area (Å²) in [6, 6.07) is 12.2. The van der Waals surface area contributed by atoms with Gasteiger partial charge in [-0.2, -0.15) is 22.7 Å². The highest BCUT2D eigenvalue weighted by molar-refractivity contribution is 7.89. The van der Waals surface area contributed by atoms with E-state index in [2.05, 4.69) is 0 Å². The van der Waals surface area contributed by atoms with Crippen molar-refractivity contribution in [2.45, 2.75) is 11.1 Å². The van der Waals surface area contributed by atoms with E-state index in [9.17, 15) is 26.4 Å². The smallest absolute Gasteiger partial charge is 0.417 e. The van der Waals surface area contributed by atoms with E-state index in [-0.39, 0.29) is 38.7 Å². The number of nitrogens with zero attached hydrogens (tertiary/aromatic N) is 3. The van der Waals surface area contributed by atoms with Gasteiger partial charge in [0.1, 0.15) is 5.75 Å². The Kier molecular flexibility index (Phi) is 6.52. The van der Waals surface area contributed by atoms with Crippen LogP contribution in [0, 0.1) is 11.3 Å². The SMILES string of the molecule is N#Cc1ccc(OCC(=O)N2CCN(S(=O)(=O)c3ccccc3C(F)(F)F)CC2)cc1. The quantitative estimate of drug-likeness (QED) is 0.694. The second-order valence-electron chi connectivity index (χ2n) is 6.70. The average molecular weight is 453 g/mol. The minimum absolute atomic E-state index is 0.0307. The van der Waals surface area contributed by atoms with Crippen LogP contribution in [-0.4, -0.2) is 56.3 Å². The maximum Gasteiger partial charge on any atom is 0.417 e. The van der Waals surface area contributed by atoms with Gasteiger partial charge in [-0.1, -0.05) is 12.1 Å². The minimum Gasteiger partial charge on any atom is -0.484 e. The van der Waals surface area contributed by atoms with Crippen molar-refractivity contribution in [2.24, 2.45) is 0 Å². The number of hydrogen-bond acceptors (Lipinski definition) is 5. The van der Waals surface area contributed by atoms with Gasteiger partial charge < -0.3 is 9.64 Å². The van der Waals surface area contributed by atoms with E-state index in [1.165, 1.54) is 11.0 Å². The Bertz CT molecular complexity index is 1090. The molecule has 0 spiro atoms. The lowest BCUT2D eigenvalue weighted by Gasteiger charge is -2.34. The Morgan fingerprint density at radius 1 is 1.03 bits per heavy atom. The zero-order chi connectivity index (χ0) is 22.6. The molecule has 0 saturated carbocycles. The van der Waals surface area contributed by atoms with Crippen LogP contribution < -0.4 is 4.74 Å². The van der Waals surface area contributed by atoms with E-state index < -0.39 is 26.7 Å². The fourth-order valence-electron chi connectivity index (χ4n) is 3.10. The normalized spacial score (nSPS) is 15.4. The van der Waals surface area contributed by atoms with Crippen LogP contribution in [-0.2, 0) is 21.0 Å². The van der Waals surface area contributed by atoms with E-state index in [1.807, 2.05) is 6.07 Å². The van der Waals surface area contributed by atoms with Gasteiger partial charge in [0.05, 0.1) is 22.1 Å². The first-order valence-electron chi connectivity index (χ1n) is 9.20.